The molecule has 0 radical (unpaired) electrons. The standard InChI is InChI=1S/C21H18ClF3N2O2S/c1-28-18-7-14(19-17(22)8-16(9-26-19)21(23,24)25)6-15-11-27(3-4-29-20(15)18)10-13-2-5-30-12-13/h2,5-9,12H,3-4,10-11H2,1H3. The fourth-order valence-electron chi connectivity index (χ4n) is 3.41. The fourth-order valence-corrected chi connectivity index (χ4v) is 4.34. The summed E-state index contributed by atoms with van der Waals surface area (Å²) in [6.45, 7) is 2.63. The van der Waals surface area contributed by atoms with Gasteiger partial charge in [-0.05, 0) is 40.6 Å². The van der Waals surface area contributed by atoms with Crippen molar-refractivity contribution in [1.29, 1.82) is 0 Å². The van der Waals surface area contributed by atoms with Gasteiger partial charge in [-0.1, -0.05) is 11.6 Å². The van der Waals surface area contributed by atoms with Crippen LogP contribution in [-0.2, 0) is 19.3 Å². The highest BCUT2D eigenvalue weighted by Crippen LogP contribution is 2.40. The Hall–Kier alpha value is -2.29. The number of thiophene rings is 1. The number of ether oxygens (including phenoxy) is 2. The van der Waals surface area contributed by atoms with Gasteiger partial charge in [0.25, 0.3) is 0 Å². The van der Waals surface area contributed by atoms with Crippen LogP contribution in [-0.4, -0.2) is 30.1 Å². The molecule has 0 saturated carbocycles. The Morgan fingerprint density at radius 3 is 2.80 bits per heavy atom. The number of pyridine rings is 1. The molecule has 4 rings (SSSR count). The zero-order valence-corrected chi connectivity index (χ0v) is 17.6. The molecule has 158 valence electrons. The van der Waals surface area contributed by atoms with Crippen molar-refractivity contribution in [2.75, 3.05) is 20.3 Å². The number of fused-ring (bicyclic) bond motifs is 1. The summed E-state index contributed by atoms with van der Waals surface area (Å²) in [6, 6.07) is 6.52. The number of hydrogen-bond donors (Lipinski definition) is 0. The monoisotopic (exact) mass is 454 g/mol. The van der Waals surface area contributed by atoms with Gasteiger partial charge in [-0.2, -0.15) is 24.5 Å². The van der Waals surface area contributed by atoms with E-state index in [9.17, 15) is 13.2 Å². The molecule has 9 heteroatoms. The van der Waals surface area contributed by atoms with Gasteiger partial charge in [0, 0.05) is 37.0 Å². The van der Waals surface area contributed by atoms with Crippen LogP contribution >= 0.6 is 22.9 Å². The van der Waals surface area contributed by atoms with E-state index in [-0.39, 0.29) is 10.7 Å². The van der Waals surface area contributed by atoms with E-state index in [1.165, 1.54) is 12.7 Å². The van der Waals surface area contributed by atoms with Gasteiger partial charge in [0.05, 0.1) is 23.4 Å². The molecular formula is C21H18ClF3N2O2S. The van der Waals surface area contributed by atoms with Crippen LogP contribution in [0.25, 0.3) is 11.3 Å². The summed E-state index contributed by atoms with van der Waals surface area (Å²) in [5.41, 5.74) is 2.04. The maximum absolute atomic E-state index is 12.9. The first kappa shape index (κ1) is 21.0. The highest BCUT2D eigenvalue weighted by molar-refractivity contribution is 7.07. The highest BCUT2D eigenvalue weighted by atomic mass is 35.5. The molecule has 0 aliphatic carbocycles. The van der Waals surface area contributed by atoms with Crippen molar-refractivity contribution in [3.8, 4) is 22.8 Å². The second kappa shape index (κ2) is 8.45. The summed E-state index contributed by atoms with van der Waals surface area (Å²) in [6.07, 6.45) is -3.71. The molecule has 3 aromatic rings. The molecule has 0 unspecified atom stereocenters. The molecule has 30 heavy (non-hydrogen) atoms. The topological polar surface area (TPSA) is 34.6 Å². The molecule has 1 aliphatic rings. The fraction of sp³-hybridized carbons (Fsp3) is 0.286. The first-order chi connectivity index (χ1) is 14.3. The minimum atomic E-state index is -4.50. The van der Waals surface area contributed by atoms with Gasteiger partial charge in [-0.25, -0.2) is 0 Å². The molecule has 0 fully saturated rings. The van der Waals surface area contributed by atoms with Gasteiger partial charge in [0.15, 0.2) is 11.5 Å². The normalized spacial score (nSPS) is 14.7. The molecule has 0 spiro atoms. The van der Waals surface area contributed by atoms with Crippen LogP contribution in [0, 0.1) is 0 Å². The van der Waals surface area contributed by atoms with E-state index in [0.29, 0.717) is 30.2 Å². The van der Waals surface area contributed by atoms with E-state index in [1.54, 1.807) is 17.4 Å². The quantitative estimate of drug-likeness (QED) is 0.492. The predicted octanol–water partition coefficient (Wildman–Crippen LogP) is 5.89. The van der Waals surface area contributed by atoms with Gasteiger partial charge >= 0.3 is 6.18 Å². The average molecular weight is 455 g/mol. The van der Waals surface area contributed by atoms with Crippen LogP contribution in [0.4, 0.5) is 13.2 Å². The maximum atomic E-state index is 12.9. The van der Waals surface area contributed by atoms with E-state index < -0.39 is 11.7 Å². The Bertz CT molecular complexity index is 1040. The van der Waals surface area contributed by atoms with Crippen molar-refractivity contribution in [3.63, 3.8) is 0 Å². The lowest BCUT2D eigenvalue weighted by atomic mass is 10.0. The van der Waals surface area contributed by atoms with E-state index in [4.69, 9.17) is 21.1 Å². The summed E-state index contributed by atoms with van der Waals surface area (Å²) in [4.78, 5) is 6.23. The van der Waals surface area contributed by atoms with Crippen LogP contribution in [0.3, 0.4) is 0 Å². The molecule has 4 nitrogen and oxygen atoms in total. The Kier molecular flexibility index (Phi) is 5.90. The zero-order chi connectivity index (χ0) is 21.3. The van der Waals surface area contributed by atoms with E-state index in [0.717, 1.165) is 30.9 Å². The van der Waals surface area contributed by atoms with Crippen molar-refractivity contribution in [2.24, 2.45) is 0 Å². The molecule has 0 amide bonds. The van der Waals surface area contributed by atoms with Crippen molar-refractivity contribution in [3.05, 3.63) is 62.9 Å². The van der Waals surface area contributed by atoms with Crippen molar-refractivity contribution in [2.45, 2.75) is 19.3 Å². The summed E-state index contributed by atoms with van der Waals surface area (Å²) < 4.78 is 50.3. The Balaban J connectivity index is 1.71. The summed E-state index contributed by atoms with van der Waals surface area (Å²) in [7, 11) is 1.53. The first-order valence-electron chi connectivity index (χ1n) is 9.15. The van der Waals surface area contributed by atoms with Crippen LogP contribution in [0.5, 0.6) is 11.5 Å². The van der Waals surface area contributed by atoms with E-state index in [2.05, 4.69) is 21.3 Å². The number of rotatable bonds is 4. The summed E-state index contributed by atoms with van der Waals surface area (Å²) >= 11 is 7.81. The molecule has 3 heterocycles. The van der Waals surface area contributed by atoms with E-state index in [1.807, 2.05) is 11.4 Å². The summed E-state index contributed by atoms with van der Waals surface area (Å²) in [5.74, 6) is 1.13. The van der Waals surface area contributed by atoms with Crippen molar-refractivity contribution < 1.29 is 22.6 Å². The third kappa shape index (κ3) is 4.40. The Morgan fingerprint density at radius 2 is 2.13 bits per heavy atom. The summed E-state index contributed by atoms with van der Waals surface area (Å²) in [5, 5.41) is 4.07. The smallest absolute Gasteiger partial charge is 0.417 e. The number of halogens is 4. The number of aromatic nitrogens is 1. The molecule has 0 N–H and O–H groups in total. The zero-order valence-electron chi connectivity index (χ0n) is 16.0. The maximum Gasteiger partial charge on any atom is 0.417 e. The largest absolute Gasteiger partial charge is 0.493 e. The number of benzene rings is 1. The van der Waals surface area contributed by atoms with Gasteiger partial charge in [-0.3, -0.25) is 9.88 Å². The second-order valence-corrected chi connectivity index (χ2v) is 8.10. The van der Waals surface area contributed by atoms with Gasteiger partial charge < -0.3 is 9.47 Å². The van der Waals surface area contributed by atoms with Crippen LogP contribution < -0.4 is 9.47 Å². The number of alkyl halides is 3. The lowest BCUT2D eigenvalue weighted by Gasteiger charge is -2.19. The van der Waals surface area contributed by atoms with Crippen LogP contribution in [0.1, 0.15) is 16.7 Å². The molecule has 2 aromatic heterocycles. The number of methoxy groups -OCH3 is 1. The lowest BCUT2D eigenvalue weighted by molar-refractivity contribution is -0.137. The SMILES string of the molecule is COc1cc(-c2ncc(C(F)(F)F)cc2Cl)cc2c1OCCN(Cc1ccsc1)C2. The molecule has 0 saturated heterocycles. The van der Waals surface area contributed by atoms with Crippen LogP contribution in [0.2, 0.25) is 5.02 Å². The first-order valence-corrected chi connectivity index (χ1v) is 10.5. The molecule has 0 bridgehead atoms. The van der Waals surface area contributed by atoms with Crippen molar-refractivity contribution in [1.82, 2.24) is 9.88 Å². The minimum absolute atomic E-state index is 0.0727. The third-order valence-electron chi connectivity index (χ3n) is 4.83. The predicted molar refractivity (Wildman–Crippen MR) is 110 cm³/mol. The van der Waals surface area contributed by atoms with Crippen molar-refractivity contribution >= 4 is 22.9 Å². The lowest BCUT2D eigenvalue weighted by Crippen LogP contribution is -2.24. The highest BCUT2D eigenvalue weighted by Gasteiger charge is 2.32. The van der Waals surface area contributed by atoms with Crippen LogP contribution in [0.15, 0.2) is 41.2 Å². The van der Waals surface area contributed by atoms with Gasteiger partial charge in [-0.15, -0.1) is 0 Å². The molecule has 1 aromatic carbocycles. The second-order valence-electron chi connectivity index (χ2n) is 6.91. The Labute approximate surface area is 180 Å². The van der Waals surface area contributed by atoms with Gasteiger partial charge in [0.2, 0.25) is 0 Å². The molecule has 0 atom stereocenters. The Morgan fingerprint density at radius 1 is 1.30 bits per heavy atom. The average Bonchev–Trinajstić information content (AvgIpc) is 3.12. The number of nitrogens with zero attached hydrogens (tertiary/aromatic N) is 2. The molecular weight excluding hydrogens is 437 g/mol. The van der Waals surface area contributed by atoms with E-state index >= 15 is 0 Å². The minimum Gasteiger partial charge on any atom is -0.493 e. The van der Waals surface area contributed by atoms with Gasteiger partial charge in [0.1, 0.15) is 6.61 Å². The number of hydrogen-bond acceptors (Lipinski definition) is 5. The third-order valence-corrected chi connectivity index (χ3v) is 5.85. The molecule has 1 aliphatic heterocycles.